The maximum Gasteiger partial charge on any atom is 0.324 e. The van der Waals surface area contributed by atoms with E-state index in [0.717, 1.165) is 0 Å². The van der Waals surface area contributed by atoms with Gasteiger partial charge in [-0.1, -0.05) is 6.08 Å². The Balaban J connectivity index is 4.88. The summed E-state index contributed by atoms with van der Waals surface area (Å²) in [5.41, 5.74) is 6.60. The van der Waals surface area contributed by atoms with Gasteiger partial charge in [-0.2, -0.15) is 4.79 Å². The van der Waals surface area contributed by atoms with Gasteiger partial charge >= 0.3 is 12.2 Å². The van der Waals surface area contributed by atoms with E-state index in [1.54, 1.807) is 0 Å². The van der Waals surface area contributed by atoms with Crippen LogP contribution in [0.2, 0.25) is 0 Å². The topological polar surface area (TPSA) is 90.8 Å². The lowest BCUT2D eigenvalue weighted by Gasteiger charge is -2.18. The van der Waals surface area contributed by atoms with Gasteiger partial charge in [0, 0.05) is 0 Å². The van der Waals surface area contributed by atoms with Gasteiger partial charge in [-0.3, -0.25) is 9.59 Å². The number of carboxylic acids is 1. The van der Waals surface area contributed by atoms with Crippen LogP contribution in [0.1, 0.15) is 19.8 Å². The highest BCUT2D eigenvalue weighted by atomic mass is 16.4. The zero-order valence-electron chi connectivity index (χ0n) is 7.93. The number of carbonyl (C=O) groups is 2. The summed E-state index contributed by atoms with van der Waals surface area (Å²) >= 11 is 0. The van der Waals surface area contributed by atoms with Crippen molar-refractivity contribution in [3.8, 4) is 0 Å². The molecular formula is C9H12N2O3. The third-order valence-electron chi connectivity index (χ3n) is 2.04. The van der Waals surface area contributed by atoms with Crippen LogP contribution in [0, 0.1) is 5.41 Å². The Morgan fingerprint density at radius 2 is 2.21 bits per heavy atom. The molecule has 0 aliphatic rings. The maximum absolute atomic E-state index is 11.3. The molecule has 0 aromatic rings. The fourth-order valence-electron chi connectivity index (χ4n) is 0.921. The number of ketones is 1. The van der Waals surface area contributed by atoms with Gasteiger partial charge in [0.2, 0.25) is 0 Å². The standard InChI is InChI=1S/C9H12N2O3/c1-3-4-5-9(2,8(13)14)7(12)6-11-10/h3,6H,1,4-5H2,2H3,(H,13,14). The number of carbonyl (C=O) groups excluding carboxylic acids is 1. The fourth-order valence-corrected chi connectivity index (χ4v) is 0.921. The Morgan fingerprint density at radius 3 is 2.57 bits per heavy atom. The van der Waals surface area contributed by atoms with Gasteiger partial charge in [0.25, 0.3) is 5.78 Å². The van der Waals surface area contributed by atoms with Crippen LogP contribution in [0.4, 0.5) is 0 Å². The van der Waals surface area contributed by atoms with Crippen molar-refractivity contribution >= 4 is 18.0 Å². The predicted octanol–water partition coefficient (Wildman–Crippen LogP) is 0.913. The lowest BCUT2D eigenvalue weighted by Crippen LogP contribution is -2.37. The third kappa shape index (κ3) is 2.64. The van der Waals surface area contributed by atoms with E-state index < -0.39 is 17.2 Å². The van der Waals surface area contributed by atoms with Crippen LogP contribution in [0.3, 0.4) is 0 Å². The van der Waals surface area contributed by atoms with Gasteiger partial charge in [-0.25, -0.2) is 0 Å². The quantitative estimate of drug-likeness (QED) is 0.225. The Hall–Kier alpha value is -1.74. The monoisotopic (exact) mass is 196 g/mol. The molecule has 14 heavy (non-hydrogen) atoms. The summed E-state index contributed by atoms with van der Waals surface area (Å²) in [6.07, 6.45) is 2.69. The molecule has 5 heteroatoms. The highest BCUT2D eigenvalue weighted by Crippen LogP contribution is 2.24. The fraction of sp³-hybridized carbons (Fsp3) is 0.444. The minimum atomic E-state index is -1.54. The normalized spacial score (nSPS) is 13.5. The van der Waals surface area contributed by atoms with Gasteiger partial charge in [-0.15, -0.1) is 6.58 Å². The molecule has 0 bridgehead atoms. The third-order valence-corrected chi connectivity index (χ3v) is 2.04. The molecule has 1 N–H and O–H groups in total. The smallest absolute Gasteiger partial charge is 0.324 e. The summed E-state index contributed by atoms with van der Waals surface area (Å²) in [5.74, 6) is -1.96. The summed E-state index contributed by atoms with van der Waals surface area (Å²) in [5, 5.41) is 8.86. The Kier molecular flexibility index (Phi) is 4.46. The average Bonchev–Trinajstić information content (AvgIpc) is 2.14. The number of aliphatic carboxylic acids is 1. The van der Waals surface area contributed by atoms with Gasteiger partial charge in [0.15, 0.2) is 0 Å². The number of rotatable bonds is 6. The van der Waals surface area contributed by atoms with Crippen molar-refractivity contribution in [3.05, 3.63) is 18.2 Å². The lowest BCUT2D eigenvalue weighted by atomic mass is 9.81. The van der Waals surface area contributed by atoms with Crippen molar-refractivity contribution < 1.29 is 19.5 Å². The van der Waals surface area contributed by atoms with Crippen molar-refractivity contribution in [1.29, 1.82) is 0 Å². The van der Waals surface area contributed by atoms with Gasteiger partial charge in [0.1, 0.15) is 5.41 Å². The van der Waals surface area contributed by atoms with Gasteiger partial charge < -0.3 is 10.6 Å². The van der Waals surface area contributed by atoms with E-state index in [2.05, 4.69) is 11.4 Å². The first-order chi connectivity index (χ1) is 6.49. The van der Waals surface area contributed by atoms with E-state index in [1.165, 1.54) is 13.0 Å². The molecule has 76 valence electrons. The molecule has 0 spiro atoms. The van der Waals surface area contributed by atoms with Crippen molar-refractivity contribution in [2.45, 2.75) is 19.8 Å². The highest BCUT2D eigenvalue weighted by Gasteiger charge is 2.41. The summed E-state index contributed by atoms with van der Waals surface area (Å²) in [4.78, 5) is 24.7. The molecule has 0 fully saturated rings. The lowest BCUT2D eigenvalue weighted by molar-refractivity contribution is -0.152. The number of allylic oxidation sites excluding steroid dienone is 1. The largest absolute Gasteiger partial charge is 0.480 e. The van der Waals surface area contributed by atoms with Gasteiger partial charge in [-0.05, 0) is 19.8 Å². The first-order valence-electron chi connectivity index (χ1n) is 4.05. The Morgan fingerprint density at radius 1 is 1.64 bits per heavy atom. The molecule has 0 heterocycles. The van der Waals surface area contributed by atoms with Crippen LogP contribution in [0.25, 0.3) is 5.53 Å². The van der Waals surface area contributed by atoms with E-state index in [1.807, 2.05) is 0 Å². The first kappa shape index (κ1) is 12.3. The van der Waals surface area contributed by atoms with Crippen LogP contribution in [-0.4, -0.2) is 27.9 Å². The zero-order valence-corrected chi connectivity index (χ0v) is 7.93. The molecule has 1 unspecified atom stereocenters. The molecule has 1 atom stereocenters. The minimum absolute atomic E-state index is 0.136. The average molecular weight is 196 g/mol. The first-order valence-corrected chi connectivity index (χ1v) is 4.05. The van der Waals surface area contributed by atoms with Crippen LogP contribution >= 0.6 is 0 Å². The van der Waals surface area contributed by atoms with E-state index in [0.29, 0.717) is 12.6 Å². The van der Waals surface area contributed by atoms with E-state index in [4.69, 9.17) is 10.6 Å². The van der Waals surface area contributed by atoms with Crippen LogP contribution in [0.5, 0.6) is 0 Å². The number of carboxylic acid groups (broad SMARTS) is 1. The second kappa shape index (κ2) is 5.09. The summed E-state index contributed by atoms with van der Waals surface area (Å²) in [6, 6.07) is 0. The molecule has 0 rings (SSSR count). The van der Waals surface area contributed by atoms with Crippen molar-refractivity contribution in [1.82, 2.24) is 0 Å². The molecule has 0 amide bonds. The van der Waals surface area contributed by atoms with Crippen LogP contribution < -0.4 is 0 Å². The van der Waals surface area contributed by atoms with Crippen LogP contribution in [-0.2, 0) is 9.59 Å². The molecule has 0 saturated heterocycles. The molecule has 0 aliphatic carbocycles. The summed E-state index contributed by atoms with van der Waals surface area (Å²) in [7, 11) is 0. The second-order valence-corrected chi connectivity index (χ2v) is 3.07. The molecule has 0 radical (unpaired) electrons. The van der Waals surface area contributed by atoms with Crippen LogP contribution in [0.15, 0.2) is 12.7 Å². The number of Topliss-reactive ketones (excluding diaryl/α,β-unsaturated/α-hetero) is 1. The molecule has 5 nitrogen and oxygen atoms in total. The van der Waals surface area contributed by atoms with Crippen molar-refractivity contribution in [2.75, 3.05) is 0 Å². The summed E-state index contributed by atoms with van der Waals surface area (Å²) in [6.45, 7) is 4.74. The maximum atomic E-state index is 11.3. The predicted molar refractivity (Wildman–Crippen MR) is 49.9 cm³/mol. The molecule has 0 saturated carbocycles. The number of hydrogen-bond acceptors (Lipinski definition) is 2. The highest BCUT2D eigenvalue weighted by molar-refractivity contribution is 6.32. The van der Waals surface area contributed by atoms with Crippen molar-refractivity contribution in [3.63, 3.8) is 0 Å². The Labute approximate surface area is 81.7 Å². The van der Waals surface area contributed by atoms with E-state index in [-0.39, 0.29) is 6.42 Å². The van der Waals surface area contributed by atoms with E-state index in [9.17, 15) is 9.59 Å². The zero-order chi connectivity index (χ0) is 11.2. The SMILES string of the molecule is C=CCCC(C)(C(=O)O)C(=O)C=[N+]=[N-]. The van der Waals surface area contributed by atoms with E-state index >= 15 is 0 Å². The molecule has 0 aromatic carbocycles. The Bertz CT molecular complexity index is 305. The second-order valence-electron chi connectivity index (χ2n) is 3.07. The summed E-state index contributed by atoms with van der Waals surface area (Å²) < 4.78 is 0. The van der Waals surface area contributed by atoms with Crippen molar-refractivity contribution in [2.24, 2.45) is 5.41 Å². The number of nitrogens with zero attached hydrogens (tertiary/aromatic N) is 2. The molecule has 0 aromatic heterocycles. The minimum Gasteiger partial charge on any atom is -0.480 e. The molecular weight excluding hydrogens is 184 g/mol. The molecule has 0 aliphatic heterocycles. The number of hydrogen-bond donors (Lipinski definition) is 1. The van der Waals surface area contributed by atoms with Gasteiger partial charge in [0.05, 0.1) is 0 Å².